The molecular weight excluding hydrogens is 317 g/mol. The first-order valence-corrected chi connectivity index (χ1v) is 4.88. The van der Waals surface area contributed by atoms with E-state index in [1.807, 2.05) is 0 Å². The van der Waals surface area contributed by atoms with Gasteiger partial charge in [-0.3, -0.25) is 0 Å². The molecule has 9 heteroatoms. The lowest BCUT2D eigenvalue weighted by Crippen LogP contribution is -2.19. The second kappa shape index (κ2) is 5.13. The minimum absolute atomic E-state index is 0.222. The molecule has 0 atom stereocenters. The van der Waals surface area contributed by atoms with Crippen LogP contribution in [0.2, 0.25) is 0 Å². The predicted octanol–water partition coefficient (Wildman–Crippen LogP) is 3.17. The largest absolute Gasteiger partial charge is 0.574 e. The Morgan fingerprint density at radius 3 is 2.41 bits per heavy atom. The van der Waals surface area contributed by atoms with Gasteiger partial charge in [0, 0.05) is 4.47 Å². The van der Waals surface area contributed by atoms with E-state index in [1.165, 1.54) is 0 Å². The maximum absolute atomic E-state index is 12.5. The molecule has 0 aliphatic heterocycles. The highest BCUT2D eigenvalue weighted by Gasteiger charge is 2.35. The number of ether oxygens (including phenoxy) is 1. The van der Waals surface area contributed by atoms with Gasteiger partial charge in [-0.25, -0.2) is 13.8 Å². The van der Waals surface area contributed by atoms with Crippen LogP contribution in [0.4, 0.5) is 22.0 Å². The molecule has 1 rings (SSSR count). The average molecular weight is 322 g/mol. The van der Waals surface area contributed by atoms with Crippen molar-refractivity contribution in [2.45, 2.75) is 19.4 Å². The molecule has 0 aliphatic rings. The van der Waals surface area contributed by atoms with Crippen molar-refractivity contribution in [3.63, 3.8) is 0 Å². The molecule has 1 N–H and O–H groups in total. The third-order valence-corrected chi connectivity index (χ3v) is 2.27. The van der Waals surface area contributed by atoms with Crippen molar-refractivity contribution in [2.75, 3.05) is 0 Å². The van der Waals surface area contributed by atoms with Crippen LogP contribution in [0.3, 0.4) is 0 Å². The van der Waals surface area contributed by atoms with Crippen LogP contribution in [0, 0.1) is 0 Å². The number of halogens is 6. The first kappa shape index (κ1) is 14.1. The highest BCUT2D eigenvalue weighted by atomic mass is 79.9. The van der Waals surface area contributed by atoms with Crippen molar-refractivity contribution in [1.82, 2.24) is 4.98 Å². The van der Waals surface area contributed by atoms with E-state index in [9.17, 15) is 22.0 Å². The van der Waals surface area contributed by atoms with Crippen molar-refractivity contribution in [1.29, 1.82) is 0 Å². The lowest BCUT2D eigenvalue weighted by atomic mass is 10.2. The molecule has 1 aromatic heterocycles. The van der Waals surface area contributed by atoms with Gasteiger partial charge in [-0.2, -0.15) is 0 Å². The normalized spacial score (nSPS) is 12.0. The zero-order valence-electron chi connectivity index (χ0n) is 7.93. The molecule has 3 nitrogen and oxygen atoms in total. The molecule has 0 bridgehead atoms. The predicted molar refractivity (Wildman–Crippen MR) is 49.5 cm³/mol. The van der Waals surface area contributed by atoms with Crippen LogP contribution >= 0.6 is 15.9 Å². The molecule has 1 heterocycles. The van der Waals surface area contributed by atoms with Gasteiger partial charge in [0.2, 0.25) is 5.88 Å². The Morgan fingerprint density at radius 2 is 2.00 bits per heavy atom. The summed E-state index contributed by atoms with van der Waals surface area (Å²) >= 11 is 2.67. The minimum Gasteiger partial charge on any atom is -0.390 e. The van der Waals surface area contributed by atoms with E-state index in [1.54, 1.807) is 0 Å². The molecular formula is C8H5BrF5NO2. The van der Waals surface area contributed by atoms with E-state index >= 15 is 0 Å². The van der Waals surface area contributed by atoms with Gasteiger partial charge in [-0.15, -0.1) is 13.2 Å². The molecule has 0 spiro atoms. The lowest BCUT2D eigenvalue weighted by Gasteiger charge is -2.14. The maximum atomic E-state index is 12.5. The third kappa shape index (κ3) is 3.77. The molecule has 0 saturated heterocycles. The summed E-state index contributed by atoms with van der Waals surface area (Å²) in [5.41, 5.74) is -1.24. The van der Waals surface area contributed by atoms with Gasteiger partial charge in [0.05, 0.1) is 17.9 Å². The zero-order valence-corrected chi connectivity index (χ0v) is 9.52. The van der Waals surface area contributed by atoms with Crippen LogP contribution in [0.25, 0.3) is 0 Å². The Kier molecular flexibility index (Phi) is 4.26. The molecule has 0 saturated carbocycles. The topological polar surface area (TPSA) is 42.4 Å². The Labute approximate surface area is 100 Å². The molecule has 0 radical (unpaired) electrons. The highest BCUT2D eigenvalue weighted by Crippen LogP contribution is 2.37. The van der Waals surface area contributed by atoms with Crippen molar-refractivity contribution < 1.29 is 31.8 Å². The van der Waals surface area contributed by atoms with Crippen LogP contribution in [-0.2, 0) is 6.61 Å². The fourth-order valence-electron chi connectivity index (χ4n) is 1.02. The Hall–Kier alpha value is -0.960. The minimum atomic E-state index is -5.13. The zero-order chi connectivity index (χ0) is 13.2. The standard InChI is InChI=1S/C8H5BrF5NO2/c9-4-1-3(2-16)15-7(5(4)6(10)11)17-8(12,13)14/h1,6,16H,2H2. The first-order chi connectivity index (χ1) is 7.74. The van der Waals surface area contributed by atoms with Crippen molar-refractivity contribution in [2.24, 2.45) is 0 Å². The number of nitrogens with zero attached hydrogens (tertiary/aromatic N) is 1. The number of aromatic nitrogens is 1. The highest BCUT2D eigenvalue weighted by molar-refractivity contribution is 9.10. The SMILES string of the molecule is OCc1cc(Br)c(C(F)F)c(OC(F)(F)F)n1. The summed E-state index contributed by atoms with van der Waals surface area (Å²) in [6.45, 7) is -0.698. The van der Waals surface area contributed by atoms with Crippen LogP contribution < -0.4 is 4.74 Å². The second-order valence-electron chi connectivity index (χ2n) is 2.82. The van der Waals surface area contributed by atoms with E-state index in [4.69, 9.17) is 5.11 Å². The van der Waals surface area contributed by atoms with Crippen molar-refractivity contribution >= 4 is 15.9 Å². The van der Waals surface area contributed by atoms with Gasteiger partial charge in [-0.1, -0.05) is 15.9 Å². The van der Waals surface area contributed by atoms with Crippen LogP contribution in [0.1, 0.15) is 17.7 Å². The van der Waals surface area contributed by atoms with Gasteiger partial charge in [0.25, 0.3) is 6.43 Å². The number of hydrogen-bond acceptors (Lipinski definition) is 3. The molecule has 0 aliphatic carbocycles. The van der Waals surface area contributed by atoms with Crippen LogP contribution in [-0.4, -0.2) is 16.5 Å². The Bertz CT molecular complexity index is 410. The molecule has 96 valence electrons. The number of alkyl halides is 5. The number of pyridine rings is 1. The van der Waals surface area contributed by atoms with Gasteiger partial charge in [-0.05, 0) is 6.07 Å². The maximum Gasteiger partial charge on any atom is 0.574 e. The van der Waals surface area contributed by atoms with Gasteiger partial charge in [0.15, 0.2) is 0 Å². The molecule has 0 fully saturated rings. The van der Waals surface area contributed by atoms with Gasteiger partial charge in [0.1, 0.15) is 0 Å². The fourth-order valence-corrected chi connectivity index (χ4v) is 1.62. The fraction of sp³-hybridized carbons (Fsp3) is 0.375. The van der Waals surface area contributed by atoms with Gasteiger partial charge >= 0.3 is 6.36 Å². The number of hydrogen-bond donors (Lipinski definition) is 1. The molecule has 0 amide bonds. The second-order valence-corrected chi connectivity index (χ2v) is 3.68. The van der Waals surface area contributed by atoms with Crippen LogP contribution in [0.5, 0.6) is 5.88 Å². The third-order valence-electron chi connectivity index (χ3n) is 1.62. The van der Waals surface area contributed by atoms with Crippen molar-refractivity contribution in [3.05, 3.63) is 21.8 Å². The van der Waals surface area contributed by atoms with E-state index < -0.39 is 30.8 Å². The summed E-state index contributed by atoms with van der Waals surface area (Å²) in [5, 5.41) is 8.71. The summed E-state index contributed by atoms with van der Waals surface area (Å²) in [4.78, 5) is 3.16. The smallest absolute Gasteiger partial charge is 0.390 e. The number of aliphatic hydroxyl groups excluding tert-OH is 1. The van der Waals surface area contributed by atoms with E-state index in [0.29, 0.717) is 0 Å². The number of aliphatic hydroxyl groups is 1. The Balaban J connectivity index is 3.27. The van der Waals surface area contributed by atoms with E-state index in [2.05, 4.69) is 25.7 Å². The monoisotopic (exact) mass is 321 g/mol. The molecule has 0 unspecified atom stereocenters. The first-order valence-electron chi connectivity index (χ1n) is 4.08. The van der Waals surface area contributed by atoms with Crippen LogP contribution in [0.15, 0.2) is 10.5 Å². The molecule has 1 aromatic rings. The van der Waals surface area contributed by atoms with Crippen molar-refractivity contribution in [3.8, 4) is 5.88 Å². The summed E-state index contributed by atoms with van der Waals surface area (Å²) in [6.07, 6.45) is -8.33. The summed E-state index contributed by atoms with van der Waals surface area (Å²) in [7, 11) is 0. The Morgan fingerprint density at radius 1 is 1.41 bits per heavy atom. The molecule has 0 aromatic carbocycles. The quantitative estimate of drug-likeness (QED) is 0.869. The van der Waals surface area contributed by atoms with Gasteiger partial charge < -0.3 is 9.84 Å². The lowest BCUT2D eigenvalue weighted by molar-refractivity contribution is -0.276. The number of rotatable bonds is 3. The van der Waals surface area contributed by atoms with E-state index in [0.717, 1.165) is 6.07 Å². The summed E-state index contributed by atoms with van der Waals surface area (Å²) < 4.78 is 64.0. The summed E-state index contributed by atoms with van der Waals surface area (Å²) in [5.74, 6) is -1.27. The molecule has 17 heavy (non-hydrogen) atoms. The van der Waals surface area contributed by atoms with E-state index in [-0.39, 0.29) is 10.2 Å². The average Bonchev–Trinajstić information content (AvgIpc) is 2.13. The summed E-state index contributed by atoms with van der Waals surface area (Å²) in [6, 6.07) is 0.991.